The molecule has 1 aliphatic heterocycles. The van der Waals surface area contributed by atoms with Gasteiger partial charge in [0.2, 0.25) is 0 Å². The van der Waals surface area contributed by atoms with Crippen LogP contribution in [0.15, 0.2) is 48.5 Å². The number of benzene rings is 2. The van der Waals surface area contributed by atoms with Crippen LogP contribution in [0.25, 0.3) is 0 Å². The fourth-order valence-electron chi connectivity index (χ4n) is 3.47. The van der Waals surface area contributed by atoms with Crippen LogP contribution in [0.5, 0.6) is 11.5 Å². The number of carbonyl (C=O) groups excluding carboxylic acids is 2. The summed E-state index contributed by atoms with van der Waals surface area (Å²) in [6.07, 6.45) is 0. The maximum atomic E-state index is 13.0. The normalized spacial score (nSPS) is 20.0. The number of ketones is 2. The van der Waals surface area contributed by atoms with E-state index in [0.29, 0.717) is 35.7 Å². The van der Waals surface area contributed by atoms with Crippen molar-refractivity contribution in [3.63, 3.8) is 0 Å². The molecule has 0 aliphatic carbocycles. The molecular formula is C21H23NO4. The lowest BCUT2D eigenvalue weighted by Gasteiger charge is -2.17. The van der Waals surface area contributed by atoms with Gasteiger partial charge in [-0.3, -0.25) is 9.59 Å². The van der Waals surface area contributed by atoms with E-state index in [9.17, 15) is 9.59 Å². The van der Waals surface area contributed by atoms with E-state index in [4.69, 9.17) is 9.47 Å². The summed E-state index contributed by atoms with van der Waals surface area (Å²) in [5, 5.41) is 0. The third-order valence-corrected chi connectivity index (χ3v) is 4.93. The first-order valence-electron chi connectivity index (χ1n) is 8.58. The Kier molecular flexibility index (Phi) is 5.38. The predicted octanol–water partition coefficient (Wildman–Crippen LogP) is 2.95. The van der Waals surface area contributed by atoms with Crippen molar-refractivity contribution < 1.29 is 19.1 Å². The number of likely N-dealkylation sites (tertiary alicyclic amines) is 1. The molecular weight excluding hydrogens is 330 g/mol. The Hall–Kier alpha value is -2.66. The molecule has 2 aromatic rings. The largest absolute Gasteiger partial charge is 0.497 e. The zero-order valence-electron chi connectivity index (χ0n) is 15.3. The molecule has 2 atom stereocenters. The SMILES string of the molecule is COc1ccc(C(=O)[C@@H]2CN(C)C[C@H]2C(=O)c2ccc(OC)cc2)cc1. The Morgan fingerprint density at radius 1 is 0.769 bits per heavy atom. The minimum absolute atomic E-state index is 0.00358. The van der Waals surface area contributed by atoms with Crippen LogP contribution in [0.1, 0.15) is 20.7 Å². The quantitative estimate of drug-likeness (QED) is 0.748. The van der Waals surface area contributed by atoms with Crippen LogP contribution in [0.2, 0.25) is 0 Å². The number of hydrogen-bond acceptors (Lipinski definition) is 5. The molecule has 0 amide bonds. The van der Waals surface area contributed by atoms with Crippen molar-refractivity contribution in [2.45, 2.75) is 0 Å². The maximum Gasteiger partial charge on any atom is 0.168 e. The van der Waals surface area contributed by atoms with Crippen LogP contribution in [0.4, 0.5) is 0 Å². The summed E-state index contributed by atoms with van der Waals surface area (Å²) >= 11 is 0. The lowest BCUT2D eigenvalue weighted by molar-refractivity contribution is 0.0809. The van der Waals surface area contributed by atoms with Crippen molar-refractivity contribution in [1.29, 1.82) is 0 Å². The molecule has 0 radical (unpaired) electrons. The zero-order valence-corrected chi connectivity index (χ0v) is 15.3. The van der Waals surface area contributed by atoms with E-state index >= 15 is 0 Å². The van der Waals surface area contributed by atoms with E-state index in [1.54, 1.807) is 62.8 Å². The number of Topliss-reactive ketones (excluding diaryl/α,β-unsaturated/α-hetero) is 2. The van der Waals surface area contributed by atoms with Crippen LogP contribution in [0, 0.1) is 11.8 Å². The molecule has 5 heteroatoms. The van der Waals surface area contributed by atoms with Gasteiger partial charge in [0.15, 0.2) is 11.6 Å². The smallest absolute Gasteiger partial charge is 0.168 e. The van der Waals surface area contributed by atoms with Gasteiger partial charge in [0.1, 0.15) is 11.5 Å². The summed E-state index contributed by atoms with van der Waals surface area (Å²) in [7, 11) is 5.12. The lowest BCUT2D eigenvalue weighted by Crippen LogP contribution is -2.29. The van der Waals surface area contributed by atoms with Crippen molar-refractivity contribution in [1.82, 2.24) is 4.90 Å². The van der Waals surface area contributed by atoms with E-state index < -0.39 is 0 Å². The van der Waals surface area contributed by atoms with Crippen molar-refractivity contribution in [2.24, 2.45) is 11.8 Å². The zero-order chi connectivity index (χ0) is 18.7. The van der Waals surface area contributed by atoms with Gasteiger partial charge >= 0.3 is 0 Å². The molecule has 5 nitrogen and oxygen atoms in total. The molecule has 0 bridgehead atoms. The molecule has 136 valence electrons. The first kappa shape index (κ1) is 18.1. The Labute approximate surface area is 153 Å². The number of hydrogen-bond donors (Lipinski definition) is 0. The Balaban J connectivity index is 1.82. The van der Waals surface area contributed by atoms with E-state index in [0.717, 1.165) is 0 Å². The Bertz CT molecular complexity index is 715. The molecule has 0 saturated carbocycles. The number of carbonyl (C=O) groups is 2. The molecule has 3 rings (SSSR count). The lowest BCUT2D eigenvalue weighted by atomic mass is 9.83. The Morgan fingerprint density at radius 2 is 1.12 bits per heavy atom. The number of rotatable bonds is 6. The fourth-order valence-corrected chi connectivity index (χ4v) is 3.47. The van der Waals surface area contributed by atoms with Crippen LogP contribution in [0.3, 0.4) is 0 Å². The second-order valence-corrected chi connectivity index (χ2v) is 6.62. The summed E-state index contributed by atoms with van der Waals surface area (Å²) in [6, 6.07) is 14.1. The second-order valence-electron chi connectivity index (χ2n) is 6.62. The highest BCUT2D eigenvalue weighted by Gasteiger charge is 2.40. The molecule has 0 spiro atoms. The van der Waals surface area contributed by atoms with E-state index in [-0.39, 0.29) is 23.4 Å². The average molecular weight is 353 g/mol. The molecule has 0 unspecified atom stereocenters. The molecule has 1 fully saturated rings. The van der Waals surface area contributed by atoms with Gasteiger partial charge in [-0.2, -0.15) is 0 Å². The van der Waals surface area contributed by atoms with E-state index in [1.807, 2.05) is 11.9 Å². The topological polar surface area (TPSA) is 55.8 Å². The highest BCUT2D eigenvalue weighted by molar-refractivity contribution is 6.05. The van der Waals surface area contributed by atoms with Gasteiger partial charge in [-0.25, -0.2) is 0 Å². The van der Waals surface area contributed by atoms with Crippen molar-refractivity contribution in [3.8, 4) is 11.5 Å². The fraction of sp³-hybridized carbons (Fsp3) is 0.333. The van der Waals surface area contributed by atoms with Gasteiger partial charge in [-0.15, -0.1) is 0 Å². The summed E-state index contributed by atoms with van der Waals surface area (Å²) in [6.45, 7) is 1.16. The predicted molar refractivity (Wildman–Crippen MR) is 99.1 cm³/mol. The van der Waals surface area contributed by atoms with Crippen LogP contribution in [-0.4, -0.2) is 50.8 Å². The van der Waals surface area contributed by atoms with E-state index in [2.05, 4.69) is 0 Å². The van der Waals surface area contributed by atoms with Crippen LogP contribution < -0.4 is 9.47 Å². The summed E-state index contributed by atoms with van der Waals surface area (Å²) < 4.78 is 10.3. The third-order valence-electron chi connectivity index (χ3n) is 4.93. The van der Waals surface area contributed by atoms with Crippen LogP contribution >= 0.6 is 0 Å². The molecule has 1 heterocycles. The third kappa shape index (κ3) is 3.63. The number of ether oxygens (including phenoxy) is 2. The standard InChI is InChI=1S/C21H23NO4/c1-22-12-18(20(23)14-4-8-16(25-2)9-5-14)19(13-22)21(24)15-6-10-17(26-3)11-7-15/h4-11,18-19H,12-13H2,1-3H3/t18-,19-/m1/s1. The van der Waals surface area contributed by atoms with Gasteiger partial charge in [0.05, 0.1) is 14.2 Å². The molecule has 1 saturated heterocycles. The minimum Gasteiger partial charge on any atom is -0.497 e. The molecule has 2 aromatic carbocycles. The highest BCUT2D eigenvalue weighted by Crippen LogP contribution is 2.30. The molecule has 1 aliphatic rings. The molecule has 26 heavy (non-hydrogen) atoms. The van der Waals surface area contributed by atoms with Crippen molar-refractivity contribution in [2.75, 3.05) is 34.4 Å². The van der Waals surface area contributed by atoms with Crippen molar-refractivity contribution in [3.05, 3.63) is 59.7 Å². The number of methoxy groups -OCH3 is 2. The van der Waals surface area contributed by atoms with Crippen molar-refractivity contribution >= 4 is 11.6 Å². The van der Waals surface area contributed by atoms with Gasteiger partial charge < -0.3 is 14.4 Å². The first-order chi connectivity index (χ1) is 12.5. The summed E-state index contributed by atoms with van der Waals surface area (Å²) in [5.74, 6) is 0.727. The average Bonchev–Trinajstić information content (AvgIpc) is 3.08. The molecule has 0 N–H and O–H groups in total. The second kappa shape index (κ2) is 7.70. The maximum absolute atomic E-state index is 13.0. The number of nitrogens with zero attached hydrogens (tertiary/aromatic N) is 1. The highest BCUT2D eigenvalue weighted by atomic mass is 16.5. The van der Waals surface area contributed by atoms with Gasteiger partial charge in [0.25, 0.3) is 0 Å². The van der Waals surface area contributed by atoms with Gasteiger partial charge in [-0.1, -0.05) is 0 Å². The molecule has 0 aromatic heterocycles. The Morgan fingerprint density at radius 3 is 1.42 bits per heavy atom. The first-order valence-corrected chi connectivity index (χ1v) is 8.58. The van der Waals surface area contributed by atoms with E-state index in [1.165, 1.54) is 0 Å². The monoisotopic (exact) mass is 353 g/mol. The van der Waals surface area contributed by atoms with Gasteiger partial charge in [0, 0.05) is 36.1 Å². The minimum atomic E-state index is -0.344. The van der Waals surface area contributed by atoms with Gasteiger partial charge in [-0.05, 0) is 55.6 Å². The van der Waals surface area contributed by atoms with Crippen LogP contribution in [-0.2, 0) is 0 Å². The summed E-state index contributed by atoms with van der Waals surface area (Å²) in [4.78, 5) is 28.0. The summed E-state index contributed by atoms with van der Waals surface area (Å²) in [5.41, 5.74) is 1.22.